The highest BCUT2D eigenvalue weighted by molar-refractivity contribution is 5.72. The Morgan fingerprint density at radius 1 is 1.50 bits per heavy atom. The molecule has 0 aliphatic carbocycles. The minimum Gasteiger partial charge on any atom is -0.481 e. The summed E-state index contributed by atoms with van der Waals surface area (Å²) in [5.41, 5.74) is 1.78. The molecule has 1 atom stereocenters. The lowest BCUT2D eigenvalue weighted by Crippen LogP contribution is -2.20. The van der Waals surface area contributed by atoms with Crippen molar-refractivity contribution >= 4 is 17.3 Å². The van der Waals surface area contributed by atoms with Gasteiger partial charge >= 0.3 is 5.97 Å². The largest absolute Gasteiger partial charge is 0.481 e. The first-order valence-electron chi connectivity index (χ1n) is 6.60. The van der Waals surface area contributed by atoms with Crippen molar-refractivity contribution in [2.75, 3.05) is 11.9 Å². The zero-order valence-electron chi connectivity index (χ0n) is 12.2. The van der Waals surface area contributed by atoms with Crippen molar-refractivity contribution in [2.45, 2.75) is 33.1 Å². The molecule has 0 aliphatic rings. The Balaban J connectivity index is 2.30. The summed E-state index contributed by atoms with van der Waals surface area (Å²) in [5, 5.41) is 16.5. The van der Waals surface area contributed by atoms with Gasteiger partial charge in [-0.05, 0) is 6.07 Å². The highest BCUT2D eigenvalue weighted by Gasteiger charge is 2.19. The van der Waals surface area contributed by atoms with Crippen LogP contribution in [0.15, 0.2) is 18.5 Å². The lowest BCUT2D eigenvalue weighted by molar-refractivity contribution is -0.140. The van der Waals surface area contributed by atoms with Gasteiger partial charge in [-0.2, -0.15) is 5.10 Å². The van der Waals surface area contributed by atoms with Crippen molar-refractivity contribution in [2.24, 2.45) is 5.92 Å². The van der Waals surface area contributed by atoms with Crippen LogP contribution in [0.2, 0.25) is 0 Å². The first kappa shape index (κ1) is 14.3. The number of fused-ring (bicyclic) bond motifs is 1. The molecule has 0 saturated heterocycles. The molecule has 2 aromatic heterocycles. The zero-order valence-corrected chi connectivity index (χ0v) is 12.2. The topological polar surface area (TPSA) is 79.5 Å². The maximum absolute atomic E-state index is 10.8. The zero-order chi connectivity index (χ0) is 14.9. The SMILES string of the molecule is CC(CNc1nccn2nc(C(C)(C)C)cc12)C(=O)O. The van der Waals surface area contributed by atoms with Crippen LogP contribution in [0.1, 0.15) is 33.4 Å². The van der Waals surface area contributed by atoms with Crippen LogP contribution in [0, 0.1) is 5.92 Å². The highest BCUT2D eigenvalue weighted by Crippen LogP contribution is 2.24. The van der Waals surface area contributed by atoms with Crippen molar-refractivity contribution in [3.8, 4) is 0 Å². The van der Waals surface area contributed by atoms with E-state index < -0.39 is 11.9 Å². The summed E-state index contributed by atoms with van der Waals surface area (Å²) in [5.74, 6) is -0.640. The highest BCUT2D eigenvalue weighted by atomic mass is 16.4. The van der Waals surface area contributed by atoms with Crippen molar-refractivity contribution in [3.63, 3.8) is 0 Å². The average Bonchev–Trinajstić information content (AvgIpc) is 2.79. The number of carbonyl (C=O) groups is 1. The number of hydrogen-bond donors (Lipinski definition) is 2. The number of aliphatic carboxylic acids is 1. The fourth-order valence-electron chi connectivity index (χ4n) is 1.76. The molecule has 0 saturated carbocycles. The molecular formula is C14H20N4O2. The maximum Gasteiger partial charge on any atom is 0.308 e. The van der Waals surface area contributed by atoms with E-state index in [2.05, 4.69) is 36.2 Å². The fourth-order valence-corrected chi connectivity index (χ4v) is 1.76. The predicted molar refractivity (Wildman–Crippen MR) is 77.0 cm³/mol. The van der Waals surface area contributed by atoms with Gasteiger partial charge in [0.25, 0.3) is 0 Å². The minimum absolute atomic E-state index is 0.0440. The van der Waals surface area contributed by atoms with Gasteiger partial charge in [0.1, 0.15) is 5.52 Å². The van der Waals surface area contributed by atoms with Crippen LogP contribution in [0.25, 0.3) is 5.52 Å². The van der Waals surface area contributed by atoms with Gasteiger partial charge in [0, 0.05) is 24.4 Å². The summed E-state index contributed by atoms with van der Waals surface area (Å²) in [4.78, 5) is 15.1. The molecule has 1 unspecified atom stereocenters. The molecule has 2 rings (SSSR count). The first-order chi connectivity index (χ1) is 9.29. The number of nitrogens with one attached hydrogen (secondary N) is 1. The molecule has 108 valence electrons. The van der Waals surface area contributed by atoms with E-state index in [0.717, 1.165) is 11.2 Å². The average molecular weight is 276 g/mol. The Morgan fingerprint density at radius 3 is 2.80 bits per heavy atom. The third-order valence-electron chi connectivity index (χ3n) is 3.16. The molecule has 2 N–H and O–H groups in total. The van der Waals surface area contributed by atoms with E-state index in [1.54, 1.807) is 23.8 Å². The van der Waals surface area contributed by atoms with Gasteiger partial charge in [0.05, 0.1) is 11.6 Å². The van der Waals surface area contributed by atoms with Gasteiger partial charge in [-0.3, -0.25) is 4.79 Å². The molecule has 0 amide bonds. The van der Waals surface area contributed by atoms with Crippen LogP contribution in [0.5, 0.6) is 0 Å². The van der Waals surface area contributed by atoms with Crippen LogP contribution in [-0.2, 0) is 10.2 Å². The van der Waals surface area contributed by atoms with Crippen molar-refractivity contribution in [1.29, 1.82) is 0 Å². The van der Waals surface area contributed by atoms with Gasteiger partial charge < -0.3 is 10.4 Å². The predicted octanol–water partition coefficient (Wildman–Crippen LogP) is 2.16. The van der Waals surface area contributed by atoms with Crippen molar-refractivity contribution in [1.82, 2.24) is 14.6 Å². The second kappa shape index (κ2) is 5.11. The molecule has 6 nitrogen and oxygen atoms in total. The van der Waals surface area contributed by atoms with E-state index in [9.17, 15) is 4.79 Å². The van der Waals surface area contributed by atoms with Crippen LogP contribution in [0.3, 0.4) is 0 Å². The number of nitrogens with zero attached hydrogens (tertiary/aromatic N) is 3. The van der Waals surface area contributed by atoms with Crippen molar-refractivity contribution < 1.29 is 9.90 Å². The van der Waals surface area contributed by atoms with E-state index in [4.69, 9.17) is 5.11 Å². The molecule has 0 aliphatic heterocycles. The third-order valence-corrected chi connectivity index (χ3v) is 3.16. The van der Waals surface area contributed by atoms with E-state index >= 15 is 0 Å². The van der Waals surface area contributed by atoms with Gasteiger partial charge in [0.15, 0.2) is 5.82 Å². The summed E-state index contributed by atoms with van der Waals surface area (Å²) in [6.07, 6.45) is 3.44. The Labute approximate surface area is 117 Å². The summed E-state index contributed by atoms with van der Waals surface area (Å²) < 4.78 is 1.77. The molecule has 6 heteroatoms. The number of rotatable bonds is 4. The van der Waals surface area contributed by atoms with Gasteiger partial charge in [0.2, 0.25) is 0 Å². The number of carboxylic acids is 1. The lowest BCUT2D eigenvalue weighted by Gasteiger charge is -2.13. The number of anilines is 1. The Morgan fingerprint density at radius 2 is 2.20 bits per heavy atom. The molecule has 2 heterocycles. The van der Waals surface area contributed by atoms with E-state index in [-0.39, 0.29) is 5.41 Å². The quantitative estimate of drug-likeness (QED) is 0.894. The third kappa shape index (κ3) is 2.89. The second-order valence-corrected chi connectivity index (χ2v) is 6.01. The van der Waals surface area contributed by atoms with Gasteiger partial charge in [-0.1, -0.05) is 27.7 Å². The lowest BCUT2D eigenvalue weighted by atomic mass is 9.92. The van der Waals surface area contributed by atoms with E-state index in [0.29, 0.717) is 12.4 Å². The van der Waals surface area contributed by atoms with Crippen molar-refractivity contribution in [3.05, 3.63) is 24.2 Å². The molecular weight excluding hydrogens is 256 g/mol. The fraction of sp³-hybridized carbons (Fsp3) is 0.500. The number of aromatic nitrogens is 3. The van der Waals surface area contributed by atoms with Gasteiger partial charge in [-0.15, -0.1) is 0 Å². The second-order valence-electron chi connectivity index (χ2n) is 6.01. The smallest absolute Gasteiger partial charge is 0.308 e. The molecule has 0 aromatic carbocycles. The Kier molecular flexibility index (Phi) is 3.65. The maximum atomic E-state index is 10.8. The van der Waals surface area contributed by atoms with E-state index in [1.165, 1.54) is 0 Å². The minimum atomic E-state index is -0.826. The monoisotopic (exact) mass is 276 g/mol. The van der Waals surface area contributed by atoms with Crippen LogP contribution in [-0.4, -0.2) is 32.2 Å². The molecule has 2 aromatic rings. The molecule has 0 radical (unpaired) electrons. The molecule has 0 bridgehead atoms. The van der Waals surface area contributed by atoms with E-state index in [1.807, 2.05) is 6.07 Å². The van der Waals surface area contributed by atoms with Crippen LogP contribution in [0.4, 0.5) is 5.82 Å². The first-order valence-corrected chi connectivity index (χ1v) is 6.60. The molecule has 0 spiro atoms. The molecule has 0 fully saturated rings. The summed E-state index contributed by atoms with van der Waals surface area (Å²) >= 11 is 0. The van der Waals surface area contributed by atoms with Crippen LogP contribution < -0.4 is 5.32 Å². The Hall–Kier alpha value is -2.11. The van der Waals surface area contributed by atoms with Crippen LogP contribution >= 0.6 is 0 Å². The number of hydrogen-bond acceptors (Lipinski definition) is 4. The summed E-state index contributed by atoms with van der Waals surface area (Å²) in [6, 6.07) is 1.99. The summed E-state index contributed by atoms with van der Waals surface area (Å²) in [7, 11) is 0. The standard InChI is InChI=1S/C14H20N4O2/c1-9(13(19)20)8-16-12-10-7-11(14(2,3)4)17-18(10)6-5-15-12/h5-7,9H,8H2,1-4H3,(H,15,16)(H,19,20). The van der Waals surface area contributed by atoms with Gasteiger partial charge in [-0.25, -0.2) is 9.50 Å². The normalized spacial score (nSPS) is 13.4. The summed E-state index contributed by atoms with van der Waals surface area (Å²) in [6.45, 7) is 8.29. The Bertz CT molecular complexity index is 628. The number of carboxylic acid groups (broad SMARTS) is 1. The molecule has 20 heavy (non-hydrogen) atoms.